The number of carboxylic acid groups (broad SMARTS) is 1. The van der Waals surface area contributed by atoms with Gasteiger partial charge in [0.05, 0.1) is 37.1 Å². The Hall–Kier alpha value is -7.69. The fourth-order valence-corrected chi connectivity index (χ4v) is 12.2. The molecular formula is C50H79N19O13S2. The van der Waals surface area contributed by atoms with Crippen molar-refractivity contribution in [1.82, 2.24) is 46.2 Å². The van der Waals surface area contributed by atoms with E-state index < -0.39 is 133 Å². The standard InChI is InChI=1S/C50H79N19O13S2/c51-29(10-4-14-58-48(52)53)39(73)62-30(11-5-15-59-49(54)55)44(78)66-17-7-13-34(66)46(80)67-21-28(71)19-35(67)41(75)61-20-38(72)68-25-83-23-36(68)42(76)65-33(22-70)40(74)64-32(18-27-8-2-1-3-9-27)45(79)69-26-84-24-37(69)43(77)63-31(47(81)82)12-6-16-60-50(56)57/h1-3,8-9,28-37,70-71H,4-7,10-26,51H2,(H,61,75)(H,62,73)(H,63,77)(H,64,74)(H,65,76)(H,81,82)(H4,52,53,58)(H4,54,55,59)(H4,56,57,60)/t28-,29-,30+,31+,32-,33+,34+,35+,36+,37+/m1/s1. The highest BCUT2D eigenvalue weighted by atomic mass is 32.2. The molecule has 5 rings (SSSR count). The van der Waals surface area contributed by atoms with Crippen molar-refractivity contribution in [2.24, 2.45) is 55.1 Å². The molecule has 32 nitrogen and oxygen atoms in total. The van der Waals surface area contributed by atoms with Crippen LogP contribution in [0.5, 0.6) is 0 Å². The number of aliphatic carboxylic acids is 1. The highest BCUT2D eigenvalue weighted by Crippen LogP contribution is 2.28. The summed E-state index contributed by atoms with van der Waals surface area (Å²) in [4.78, 5) is 154. The number of aliphatic hydroxyl groups excluding tert-OH is 2. The van der Waals surface area contributed by atoms with Gasteiger partial charge in [-0.1, -0.05) is 30.3 Å². The molecule has 1 aromatic rings. The van der Waals surface area contributed by atoms with Crippen molar-refractivity contribution in [3.05, 3.63) is 35.9 Å². The first-order chi connectivity index (χ1) is 40.0. The molecule has 0 spiro atoms. The Morgan fingerprint density at radius 3 is 1.74 bits per heavy atom. The van der Waals surface area contributed by atoms with Crippen LogP contribution < -0.4 is 66.7 Å². The number of hydrogen-bond donors (Lipinski definition) is 15. The van der Waals surface area contributed by atoms with Gasteiger partial charge < -0.3 is 102 Å². The maximum atomic E-state index is 14.3. The van der Waals surface area contributed by atoms with Crippen molar-refractivity contribution in [2.75, 3.05) is 69.1 Å². The predicted molar refractivity (Wildman–Crippen MR) is 310 cm³/mol. The third-order valence-corrected chi connectivity index (χ3v) is 16.2. The summed E-state index contributed by atoms with van der Waals surface area (Å²) in [6.45, 7) is -1.25. The molecule has 4 aliphatic heterocycles. The zero-order chi connectivity index (χ0) is 61.6. The molecule has 10 atom stereocenters. The van der Waals surface area contributed by atoms with E-state index in [4.69, 9.17) is 40.1 Å². The molecular weight excluding hydrogens is 1140 g/mol. The van der Waals surface area contributed by atoms with Gasteiger partial charge in [0, 0.05) is 57.1 Å². The number of nitrogens with two attached hydrogens (primary N) is 7. The number of benzene rings is 1. The van der Waals surface area contributed by atoms with Crippen LogP contribution in [0.1, 0.15) is 63.4 Å². The minimum atomic E-state index is -1.64. The van der Waals surface area contributed by atoms with Crippen LogP contribution in [-0.4, -0.2) is 242 Å². The highest BCUT2D eigenvalue weighted by Gasteiger charge is 2.47. The summed E-state index contributed by atoms with van der Waals surface area (Å²) in [5.74, 6) is -8.24. The van der Waals surface area contributed by atoms with Crippen molar-refractivity contribution in [3.63, 3.8) is 0 Å². The van der Waals surface area contributed by atoms with Gasteiger partial charge in [-0.15, -0.1) is 23.5 Å². The van der Waals surface area contributed by atoms with Gasteiger partial charge in [-0.25, -0.2) is 4.79 Å². The third kappa shape index (κ3) is 19.7. The van der Waals surface area contributed by atoms with Crippen molar-refractivity contribution < 1.29 is 63.3 Å². The van der Waals surface area contributed by atoms with Crippen LogP contribution in [0.25, 0.3) is 0 Å². The second-order valence-corrected chi connectivity index (χ2v) is 22.4. The summed E-state index contributed by atoms with van der Waals surface area (Å²) in [6.07, 6.45) is 0.283. The maximum Gasteiger partial charge on any atom is 0.326 e. The lowest BCUT2D eigenvalue weighted by atomic mass is 10.0. The molecule has 4 heterocycles. The molecule has 0 saturated carbocycles. The molecule has 464 valence electrons. The Morgan fingerprint density at radius 1 is 0.619 bits per heavy atom. The first kappa shape index (κ1) is 67.1. The fourth-order valence-electron chi connectivity index (χ4n) is 9.85. The molecule has 0 bridgehead atoms. The molecule has 34 heteroatoms. The van der Waals surface area contributed by atoms with Crippen LogP contribution in [0.15, 0.2) is 45.3 Å². The first-order valence-electron chi connectivity index (χ1n) is 27.3. The zero-order valence-corrected chi connectivity index (χ0v) is 48.1. The van der Waals surface area contributed by atoms with Crippen LogP contribution >= 0.6 is 23.5 Å². The molecule has 4 fully saturated rings. The molecule has 4 aliphatic rings. The number of thioether (sulfide) groups is 2. The zero-order valence-electron chi connectivity index (χ0n) is 46.4. The quantitative estimate of drug-likeness (QED) is 0.0193. The molecule has 22 N–H and O–H groups in total. The largest absolute Gasteiger partial charge is 0.480 e. The van der Waals surface area contributed by atoms with E-state index in [1.165, 1.54) is 33.3 Å². The van der Waals surface area contributed by atoms with Gasteiger partial charge in [-0.05, 0) is 56.9 Å². The Balaban J connectivity index is 1.20. The lowest BCUT2D eigenvalue weighted by Crippen LogP contribution is -2.60. The molecule has 9 amide bonds. The van der Waals surface area contributed by atoms with Crippen LogP contribution in [0.3, 0.4) is 0 Å². The van der Waals surface area contributed by atoms with Crippen molar-refractivity contribution in [1.29, 1.82) is 0 Å². The lowest BCUT2D eigenvalue weighted by molar-refractivity contribution is -0.148. The summed E-state index contributed by atoms with van der Waals surface area (Å²) < 4.78 is 0. The van der Waals surface area contributed by atoms with Crippen molar-refractivity contribution in [3.8, 4) is 0 Å². The number of hydrogen-bond acceptors (Lipinski definition) is 18. The van der Waals surface area contributed by atoms with E-state index in [-0.39, 0.29) is 125 Å². The highest BCUT2D eigenvalue weighted by molar-refractivity contribution is 7.99. The van der Waals surface area contributed by atoms with Gasteiger partial charge in [0.25, 0.3) is 0 Å². The summed E-state index contributed by atoms with van der Waals surface area (Å²) in [6, 6.07) is -2.59. The Morgan fingerprint density at radius 2 is 1.15 bits per heavy atom. The number of carbonyl (C=O) groups is 10. The number of amides is 9. The summed E-state index contributed by atoms with van der Waals surface area (Å²) in [5.41, 5.74) is 39.2. The molecule has 0 radical (unpaired) electrons. The summed E-state index contributed by atoms with van der Waals surface area (Å²) in [7, 11) is 0. The molecule has 0 aromatic heterocycles. The predicted octanol–water partition coefficient (Wildman–Crippen LogP) is -7.39. The van der Waals surface area contributed by atoms with E-state index >= 15 is 0 Å². The van der Waals surface area contributed by atoms with Crippen LogP contribution in [0, 0.1) is 0 Å². The Labute approximate surface area is 493 Å². The number of rotatable bonds is 30. The number of aliphatic imine (C=N–C) groups is 3. The minimum Gasteiger partial charge on any atom is -0.480 e. The Kier molecular flexibility index (Phi) is 26.3. The number of nitrogens with one attached hydrogen (secondary N) is 5. The van der Waals surface area contributed by atoms with E-state index in [2.05, 4.69) is 41.6 Å². The second kappa shape index (κ2) is 33.0. The molecule has 84 heavy (non-hydrogen) atoms. The molecule has 4 saturated heterocycles. The minimum absolute atomic E-state index is 0.0103. The smallest absolute Gasteiger partial charge is 0.326 e. The van der Waals surface area contributed by atoms with E-state index in [9.17, 15) is 63.3 Å². The van der Waals surface area contributed by atoms with Crippen LogP contribution in [0.2, 0.25) is 0 Å². The van der Waals surface area contributed by atoms with Gasteiger partial charge in [0.1, 0.15) is 48.3 Å². The number of β-amino-alcohol motifs (C(OH)–C–C–N with tert-alkyl or cyclic N) is 1. The number of likely N-dealkylation sites (tertiary alicyclic amines) is 2. The second-order valence-electron chi connectivity index (χ2n) is 20.4. The fraction of sp³-hybridized carbons (Fsp3) is 0.620. The van der Waals surface area contributed by atoms with Gasteiger partial charge in [-0.2, -0.15) is 0 Å². The van der Waals surface area contributed by atoms with Gasteiger partial charge in [0.2, 0.25) is 53.2 Å². The Bertz CT molecular complexity index is 2590. The van der Waals surface area contributed by atoms with E-state index in [1.54, 1.807) is 30.3 Å². The third-order valence-electron chi connectivity index (χ3n) is 14.2. The van der Waals surface area contributed by atoms with Crippen molar-refractivity contribution >= 4 is 101 Å². The van der Waals surface area contributed by atoms with Crippen LogP contribution in [-0.2, 0) is 54.4 Å². The van der Waals surface area contributed by atoms with E-state index in [0.29, 0.717) is 18.4 Å². The van der Waals surface area contributed by atoms with Crippen LogP contribution in [0.4, 0.5) is 0 Å². The lowest BCUT2D eigenvalue weighted by Gasteiger charge is -2.33. The maximum absolute atomic E-state index is 14.3. The summed E-state index contributed by atoms with van der Waals surface area (Å²) in [5, 5.41) is 43.8. The summed E-state index contributed by atoms with van der Waals surface area (Å²) >= 11 is 2.42. The van der Waals surface area contributed by atoms with Gasteiger partial charge in [0.15, 0.2) is 17.9 Å². The first-order valence-corrected chi connectivity index (χ1v) is 29.6. The number of guanidine groups is 3. The van der Waals surface area contributed by atoms with Gasteiger partial charge in [-0.3, -0.25) is 58.1 Å². The number of carboxylic acids is 1. The normalized spacial score (nSPS) is 21.0. The number of aliphatic hydroxyl groups is 2. The number of nitrogens with zero attached hydrogens (tertiary/aromatic N) is 7. The molecule has 1 aromatic carbocycles. The van der Waals surface area contributed by atoms with E-state index in [1.807, 2.05) is 0 Å². The number of carbonyl (C=O) groups excluding carboxylic acids is 9. The van der Waals surface area contributed by atoms with Crippen molar-refractivity contribution in [2.45, 2.75) is 125 Å². The molecule has 0 unspecified atom stereocenters. The average Bonchev–Trinajstić information content (AvgIpc) is 3.26. The monoisotopic (exact) mass is 1220 g/mol. The molecule has 0 aliphatic carbocycles. The van der Waals surface area contributed by atoms with Gasteiger partial charge >= 0.3 is 5.97 Å². The SMILES string of the molecule is NC(N)=NCCC[C@@H](N)C(=O)N[C@@H](CCCN=C(N)N)C(=O)N1CCC[C@H]1C(=O)N1C[C@H](O)C[C@H]1C(=O)NCC(=O)N1CSC[C@H]1C(=O)N[C@@H](CO)C(=O)N[C@H](Cc1ccccc1)C(=O)N1CSC[C@H]1C(=O)N[C@@H](CCCN=C(N)N)C(=O)O. The van der Waals surface area contributed by atoms with E-state index in [0.717, 1.165) is 9.80 Å². The average molecular weight is 1220 g/mol. The topological polar surface area (TPSA) is 524 Å².